The molecule has 1 aliphatic rings. The summed E-state index contributed by atoms with van der Waals surface area (Å²) in [7, 11) is -1.87. The zero-order valence-corrected chi connectivity index (χ0v) is 25.9. The van der Waals surface area contributed by atoms with E-state index in [9.17, 15) is 26.7 Å². The summed E-state index contributed by atoms with van der Waals surface area (Å²) in [5.74, 6) is 6.14. The number of aromatic nitrogens is 1. The van der Waals surface area contributed by atoms with Crippen LogP contribution in [0.1, 0.15) is 25.5 Å². The predicted octanol–water partition coefficient (Wildman–Crippen LogP) is 4.35. The van der Waals surface area contributed by atoms with E-state index in [4.69, 9.17) is 9.47 Å². The number of ether oxygens (including phenoxy) is 2. The Kier molecular flexibility index (Phi) is 11.1. The molecular formula is C31H39F3N4O5S. The van der Waals surface area contributed by atoms with Crippen molar-refractivity contribution in [2.75, 3.05) is 63.4 Å². The zero-order chi connectivity index (χ0) is 31.9. The molecule has 1 saturated heterocycles. The third-order valence-electron chi connectivity index (χ3n) is 7.32. The number of hydrogen-bond donors (Lipinski definition) is 3. The van der Waals surface area contributed by atoms with Gasteiger partial charge < -0.3 is 34.7 Å². The first-order chi connectivity index (χ1) is 20.9. The number of hydrogen-bond acceptors (Lipinski definition) is 8. The zero-order valence-electron chi connectivity index (χ0n) is 25.1. The summed E-state index contributed by atoms with van der Waals surface area (Å²) in [4.78, 5) is 2.30. The maximum Gasteiger partial charge on any atom is 0.406 e. The predicted molar refractivity (Wildman–Crippen MR) is 165 cm³/mol. The third kappa shape index (κ3) is 9.04. The molecule has 1 aliphatic heterocycles. The van der Waals surface area contributed by atoms with Gasteiger partial charge in [-0.2, -0.15) is 13.2 Å². The van der Waals surface area contributed by atoms with Crippen molar-refractivity contribution in [3.63, 3.8) is 0 Å². The number of methoxy groups -OCH3 is 1. The molecule has 0 aliphatic carbocycles. The molecule has 0 spiro atoms. The average Bonchev–Trinajstić information content (AvgIpc) is 3.29. The molecule has 0 amide bonds. The number of nitrogens with one attached hydrogen (secondary N) is 2. The number of anilines is 2. The molecule has 1 unspecified atom stereocenters. The van der Waals surface area contributed by atoms with Gasteiger partial charge >= 0.3 is 6.18 Å². The molecular weight excluding hydrogens is 597 g/mol. The molecule has 1 atom stereocenters. The lowest BCUT2D eigenvalue weighted by Gasteiger charge is -2.34. The lowest BCUT2D eigenvalue weighted by Crippen LogP contribution is -2.43. The number of piperidine rings is 1. The summed E-state index contributed by atoms with van der Waals surface area (Å²) < 4.78 is 76.5. The highest BCUT2D eigenvalue weighted by Crippen LogP contribution is 2.32. The van der Waals surface area contributed by atoms with Crippen molar-refractivity contribution in [2.24, 2.45) is 0 Å². The second-order valence-corrected chi connectivity index (χ2v) is 12.8. The van der Waals surface area contributed by atoms with E-state index in [1.54, 1.807) is 38.3 Å². The number of benzene rings is 2. The molecule has 240 valence electrons. The summed E-state index contributed by atoms with van der Waals surface area (Å²) in [5.41, 5.74) is 1.93. The minimum atomic E-state index is -4.45. The lowest BCUT2D eigenvalue weighted by atomic mass is 10.0. The van der Waals surface area contributed by atoms with Crippen LogP contribution in [0.5, 0.6) is 5.75 Å². The molecule has 2 aromatic carbocycles. The van der Waals surface area contributed by atoms with Crippen molar-refractivity contribution in [1.29, 1.82) is 0 Å². The molecule has 2 heterocycles. The van der Waals surface area contributed by atoms with Gasteiger partial charge in [0.25, 0.3) is 0 Å². The van der Waals surface area contributed by atoms with Gasteiger partial charge in [0.2, 0.25) is 0 Å². The van der Waals surface area contributed by atoms with Crippen LogP contribution in [0.2, 0.25) is 0 Å². The van der Waals surface area contributed by atoms with Crippen LogP contribution in [0.25, 0.3) is 10.9 Å². The van der Waals surface area contributed by atoms with Crippen LogP contribution in [-0.4, -0.2) is 94.1 Å². The number of fused-ring (bicyclic) bond motifs is 1. The molecule has 44 heavy (non-hydrogen) atoms. The summed E-state index contributed by atoms with van der Waals surface area (Å²) >= 11 is 0. The summed E-state index contributed by atoms with van der Waals surface area (Å²) in [5, 5.41) is 17.3. The monoisotopic (exact) mass is 636 g/mol. The number of aliphatic hydroxyl groups is 1. The van der Waals surface area contributed by atoms with Crippen molar-refractivity contribution < 1.29 is 36.2 Å². The van der Waals surface area contributed by atoms with Crippen LogP contribution in [0.3, 0.4) is 0 Å². The first-order valence-corrected chi connectivity index (χ1v) is 16.3. The van der Waals surface area contributed by atoms with E-state index >= 15 is 0 Å². The molecule has 4 rings (SSSR count). The van der Waals surface area contributed by atoms with Gasteiger partial charge in [0.1, 0.15) is 12.3 Å². The van der Waals surface area contributed by atoms with Gasteiger partial charge in [-0.15, -0.1) is 0 Å². The number of sulfone groups is 1. The van der Waals surface area contributed by atoms with E-state index in [-0.39, 0.29) is 29.8 Å². The number of rotatable bonds is 12. The van der Waals surface area contributed by atoms with E-state index < -0.39 is 28.7 Å². The number of halogens is 3. The van der Waals surface area contributed by atoms with Crippen molar-refractivity contribution in [3.8, 4) is 17.6 Å². The van der Waals surface area contributed by atoms with Crippen LogP contribution in [-0.2, 0) is 21.1 Å². The Balaban J connectivity index is 1.52. The maximum atomic E-state index is 13.6. The van der Waals surface area contributed by atoms with Crippen LogP contribution < -0.4 is 15.4 Å². The Morgan fingerprint density at radius 2 is 1.89 bits per heavy atom. The molecule has 1 aromatic heterocycles. The first-order valence-electron chi connectivity index (χ1n) is 14.4. The van der Waals surface area contributed by atoms with Crippen molar-refractivity contribution in [3.05, 3.63) is 48.2 Å². The van der Waals surface area contributed by atoms with Gasteiger partial charge in [0.05, 0.1) is 47.7 Å². The summed E-state index contributed by atoms with van der Waals surface area (Å²) in [6.45, 7) is 3.39. The molecule has 13 heteroatoms. The van der Waals surface area contributed by atoms with E-state index in [1.807, 2.05) is 6.07 Å². The van der Waals surface area contributed by atoms with E-state index in [0.717, 1.165) is 37.9 Å². The van der Waals surface area contributed by atoms with Gasteiger partial charge in [-0.25, -0.2) is 8.42 Å². The molecule has 9 nitrogen and oxygen atoms in total. The normalized spacial score (nSPS) is 15.5. The Morgan fingerprint density at radius 1 is 1.14 bits per heavy atom. The lowest BCUT2D eigenvalue weighted by molar-refractivity contribution is -0.140. The van der Waals surface area contributed by atoms with Gasteiger partial charge in [-0.3, -0.25) is 0 Å². The first kappa shape index (κ1) is 33.5. The third-order valence-corrected chi connectivity index (χ3v) is 8.43. The highest BCUT2D eigenvalue weighted by Gasteiger charge is 2.30. The van der Waals surface area contributed by atoms with Gasteiger partial charge in [0.15, 0.2) is 9.84 Å². The fourth-order valence-electron chi connectivity index (χ4n) is 5.31. The molecule has 0 saturated carbocycles. The smallest absolute Gasteiger partial charge is 0.406 e. The largest absolute Gasteiger partial charge is 0.492 e. The molecule has 1 fully saturated rings. The van der Waals surface area contributed by atoms with E-state index in [1.165, 1.54) is 16.7 Å². The number of alkyl halides is 3. The summed E-state index contributed by atoms with van der Waals surface area (Å²) in [6, 6.07) is 11.5. The van der Waals surface area contributed by atoms with Crippen LogP contribution in [0.15, 0.2) is 47.4 Å². The Morgan fingerprint density at radius 3 is 2.55 bits per heavy atom. The number of β-amino-alcohol motifs (C(OH)–C–C–N with tert-alkyl or cyclic N) is 1. The standard InChI is InChI=1S/C31H39F3N4O5S/c1-4-43-30-18-25(44(3,40)41)10-11-28(30)35-14-6-7-23-17-26-27(8-5-9-29(26)38(23)21-31(32,33)34)36-22-12-15-37(16-13-22)19-24(39)20-42-2/h5,8-11,17-18,22,24,35-36,39H,4,12-16,19-21H2,1-3H3. The van der Waals surface area contributed by atoms with Gasteiger partial charge in [-0.1, -0.05) is 12.0 Å². The minimum Gasteiger partial charge on any atom is -0.492 e. The number of likely N-dealkylation sites (tertiary alicyclic amines) is 1. The van der Waals surface area contributed by atoms with E-state index in [0.29, 0.717) is 35.5 Å². The Labute approximate surface area is 256 Å². The molecule has 0 radical (unpaired) electrons. The second-order valence-electron chi connectivity index (χ2n) is 10.8. The number of nitrogens with zero attached hydrogens (tertiary/aromatic N) is 2. The molecule has 3 N–H and O–H groups in total. The van der Waals surface area contributed by atoms with Gasteiger partial charge in [-0.05, 0) is 56.0 Å². The SMILES string of the molecule is CCOc1cc(S(C)(=O)=O)ccc1NCC#Cc1cc2c(NC3CCN(CC(O)COC)CC3)cccc2n1CC(F)(F)F. The van der Waals surface area contributed by atoms with E-state index in [2.05, 4.69) is 27.4 Å². The highest BCUT2D eigenvalue weighted by molar-refractivity contribution is 7.90. The second kappa shape index (κ2) is 14.6. The van der Waals surface area contributed by atoms with Crippen LogP contribution in [0, 0.1) is 11.8 Å². The Hall–Kier alpha value is -3.44. The Bertz CT molecular complexity index is 1590. The highest BCUT2D eigenvalue weighted by atomic mass is 32.2. The average molecular weight is 637 g/mol. The fraction of sp³-hybridized carbons (Fsp3) is 0.484. The quantitative estimate of drug-likeness (QED) is 0.252. The number of aliphatic hydroxyl groups excluding tert-OH is 1. The van der Waals surface area contributed by atoms with Crippen molar-refractivity contribution in [2.45, 2.75) is 49.5 Å². The van der Waals surface area contributed by atoms with Crippen molar-refractivity contribution in [1.82, 2.24) is 9.47 Å². The molecule has 0 bridgehead atoms. The van der Waals surface area contributed by atoms with Gasteiger partial charge in [0, 0.05) is 56.2 Å². The fourth-order valence-corrected chi connectivity index (χ4v) is 5.95. The minimum absolute atomic E-state index is 0.0919. The summed E-state index contributed by atoms with van der Waals surface area (Å²) in [6.07, 6.45) is -2.23. The topological polar surface area (TPSA) is 105 Å². The molecule has 3 aromatic rings. The maximum absolute atomic E-state index is 13.6. The van der Waals surface area contributed by atoms with Crippen molar-refractivity contribution >= 4 is 32.1 Å². The van der Waals surface area contributed by atoms with Crippen LogP contribution >= 0.6 is 0 Å². The van der Waals surface area contributed by atoms with Crippen LogP contribution in [0.4, 0.5) is 24.5 Å².